The summed E-state index contributed by atoms with van der Waals surface area (Å²) in [5, 5.41) is 0.899. The number of nitrogens with zero attached hydrogens (tertiary/aromatic N) is 1. The van der Waals surface area contributed by atoms with Crippen molar-refractivity contribution in [3.8, 4) is 0 Å². The second-order valence-electron chi connectivity index (χ2n) is 7.98. The molecule has 2 aromatic rings. The third-order valence-electron chi connectivity index (χ3n) is 4.38. The van der Waals surface area contributed by atoms with Crippen molar-refractivity contribution in [3.05, 3.63) is 57.3 Å². The maximum Gasteiger partial charge on any atom is 0.510 e. The van der Waals surface area contributed by atoms with Crippen LogP contribution in [0.1, 0.15) is 38.8 Å². The molecule has 2 rings (SSSR count). The fourth-order valence-corrected chi connectivity index (χ4v) is 4.85. The fourth-order valence-electron chi connectivity index (χ4n) is 2.83. The lowest BCUT2D eigenvalue weighted by molar-refractivity contribution is -0.0528. The molecule has 0 saturated carbocycles. The Balaban J connectivity index is 2.39. The molecular weight excluding hydrogens is 583 g/mol. The normalized spacial score (nSPS) is 11.9. The molecule has 37 heavy (non-hydrogen) atoms. The van der Waals surface area contributed by atoms with Gasteiger partial charge < -0.3 is 23.8 Å². The number of benzene rings is 2. The largest absolute Gasteiger partial charge is 0.510 e. The van der Waals surface area contributed by atoms with Crippen LogP contribution in [0.3, 0.4) is 0 Å². The van der Waals surface area contributed by atoms with E-state index in [9.17, 15) is 14.2 Å². The van der Waals surface area contributed by atoms with Gasteiger partial charge >= 0.3 is 25.6 Å². The molecule has 202 valence electrons. The van der Waals surface area contributed by atoms with Crippen LogP contribution in [0.25, 0.3) is 15.6 Å². The number of hydrogen-bond donors (Lipinski definition) is 0. The van der Waals surface area contributed by atoms with Crippen molar-refractivity contribution < 1.29 is 50.9 Å². The number of alkyl halides is 2. The van der Waals surface area contributed by atoms with Crippen LogP contribution >= 0.6 is 23.5 Å². The van der Waals surface area contributed by atoms with E-state index in [4.69, 9.17) is 25.1 Å². The third-order valence-corrected chi connectivity index (χ3v) is 6.86. The van der Waals surface area contributed by atoms with Crippen LogP contribution in [0.4, 0.5) is 18.4 Å². The van der Waals surface area contributed by atoms with Gasteiger partial charge in [-0.3, -0.25) is 13.6 Å². The number of carbonyl (C=O) groups is 2. The van der Waals surface area contributed by atoms with E-state index in [1.165, 1.54) is 33.8 Å². The molecule has 0 unspecified atom stereocenters. The molecule has 0 fully saturated rings. The van der Waals surface area contributed by atoms with Crippen LogP contribution in [0.15, 0.2) is 34.8 Å². The zero-order valence-corrected chi connectivity index (χ0v) is 22.8. The molecule has 0 aliphatic heterocycles. The maximum absolute atomic E-state index is 15.8. The Labute approximate surface area is 220 Å². The van der Waals surface area contributed by atoms with Crippen LogP contribution in [0, 0.1) is 6.57 Å². The van der Waals surface area contributed by atoms with Gasteiger partial charge in [0, 0.05) is 15.6 Å². The summed E-state index contributed by atoms with van der Waals surface area (Å²) < 4.78 is 72.9. The Hall–Kier alpha value is -2.78. The molecule has 14 heteroatoms. The number of rotatable bonds is 11. The number of fused-ring (bicyclic) bond motifs is 1. The van der Waals surface area contributed by atoms with Gasteiger partial charge in [0.25, 0.3) is 0 Å². The molecule has 0 amide bonds. The molecule has 0 radical (unpaired) electrons. The molecule has 0 aliphatic rings. The van der Waals surface area contributed by atoms with E-state index in [-0.39, 0.29) is 11.0 Å². The highest BCUT2D eigenvalue weighted by molar-refractivity contribution is 9.10. The second kappa shape index (κ2) is 13.1. The summed E-state index contributed by atoms with van der Waals surface area (Å²) in [6.45, 7) is 10.7. The molecule has 0 saturated heterocycles. The number of carbonyl (C=O) groups excluding carboxylic acids is 2. The molecule has 0 bridgehead atoms. The molecule has 0 aromatic heterocycles. The summed E-state index contributed by atoms with van der Waals surface area (Å²) in [6, 6.07) is 7.31. The minimum absolute atomic E-state index is 0.0378. The van der Waals surface area contributed by atoms with E-state index in [2.05, 4.69) is 30.2 Å². The van der Waals surface area contributed by atoms with Crippen LogP contribution in [0.2, 0.25) is 0 Å². The summed E-state index contributed by atoms with van der Waals surface area (Å²) >= 11 is 3.06. The highest BCUT2D eigenvalue weighted by Gasteiger charge is 2.57. The summed E-state index contributed by atoms with van der Waals surface area (Å²) in [5.41, 5.74) is -4.52. The molecule has 0 spiro atoms. The van der Waals surface area contributed by atoms with E-state index in [1.54, 1.807) is 18.2 Å². The van der Waals surface area contributed by atoms with E-state index in [1.807, 2.05) is 0 Å². The third kappa shape index (κ3) is 8.36. The molecule has 0 aliphatic carbocycles. The minimum atomic E-state index is -5.53. The van der Waals surface area contributed by atoms with Crippen LogP contribution in [-0.2, 0) is 44.8 Å². The molecule has 0 heterocycles. The van der Waals surface area contributed by atoms with E-state index in [0.717, 1.165) is 6.07 Å². The second-order valence-corrected chi connectivity index (χ2v) is 10.9. The topological polar surface area (TPSA) is 111 Å². The predicted octanol–water partition coefficient (Wildman–Crippen LogP) is 7.34. The highest BCUT2D eigenvalue weighted by atomic mass is 79.9. The lowest BCUT2D eigenvalue weighted by Gasteiger charge is -2.27. The Morgan fingerprint density at radius 3 is 2.00 bits per heavy atom. The van der Waals surface area contributed by atoms with Gasteiger partial charge in [-0.05, 0) is 56.7 Å². The van der Waals surface area contributed by atoms with Gasteiger partial charge in [-0.1, -0.05) is 28.1 Å². The SMILES string of the molecule is [C-]#[N+]Cc1ccc2cc(Br)c(C(F)(F)P(=O)(OCOC(=O)OC(C)C)OCOC(=O)OC(C)C)cc2c1. The predicted molar refractivity (Wildman–Crippen MR) is 131 cm³/mol. The number of ether oxygens (including phenoxy) is 4. The molecule has 10 nitrogen and oxygen atoms in total. The first-order chi connectivity index (χ1) is 17.3. The quantitative estimate of drug-likeness (QED) is 0.112. The number of hydrogen-bond acceptors (Lipinski definition) is 9. The summed E-state index contributed by atoms with van der Waals surface area (Å²) in [4.78, 5) is 26.5. The molecule has 0 atom stereocenters. The first-order valence-electron chi connectivity index (χ1n) is 10.8. The fraction of sp³-hybridized carbons (Fsp3) is 0.435. The van der Waals surface area contributed by atoms with Crippen molar-refractivity contribution in [2.45, 2.75) is 52.1 Å². The van der Waals surface area contributed by atoms with Gasteiger partial charge in [0.15, 0.2) is 0 Å². The average molecular weight is 608 g/mol. The lowest BCUT2D eigenvalue weighted by Crippen LogP contribution is -2.23. The van der Waals surface area contributed by atoms with Crippen LogP contribution < -0.4 is 0 Å². The van der Waals surface area contributed by atoms with Gasteiger partial charge in [-0.15, -0.1) is 0 Å². The van der Waals surface area contributed by atoms with Crippen molar-refractivity contribution in [3.63, 3.8) is 0 Å². The highest BCUT2D eigenvalue weighted by Crippen LogP contribution is 2.67. The Bertz CT molecular complexity index is 1180. The van der Waals surface area contributed by atoms with Crippen molar-refractivity contribution in [2.24, 2.45) is 0 Å². The van der Waals surface area contributed by atoms with Crippen molar-refractivity contribution >= 4 is 46.6 Å². The first kappa shape index (κ1) is 30.4. The molecule has 0 N–H and O–H groups in total. The zero-order chi connectivity index (χ0) is 27.8. The van der Waals surface area contributed by atoms with E-state index < -0.39 is 56.9 Å². The van der Waals surface area contributed by atoms with Gasteiger partial charge in [-0.25, -0.2) is 16.2 Å². The van der Waals surface area contributed by atoms with Gasteiger partial charge in [-0.2, -0.15) is 8.78 Å². The lowest BCUT2D eigenvalue weighted by atomic mass is 10.0. The minimum Gasteiger partial charge on any atom is -0.432 e. The average Bonchev–Trinajstić information content (AvgIpc) is 2.77. The van der Waals surface area contributed by atoms with Gasteiger partial charge in [0.05, 0.1) is 12.2 Å². The van der Waals surface area contributed by atoms with E-state index >= 15 is 8.78 Å². The zero-order valence-electron chi connectivity index (χ0n) is 20.4. The first-order valence-corrected chi connectivity index (χ1v) is 13.1. The monoisotopic (exact) mass is 607 g/mol. The molecular formula is C23H25BrF2NO9P. The van der Waals surface area contributed by atoms with Crippen LogP contribution in [0.5, 0.6) is 0 Å². The Kier molecular flexibility index (Phi) is 10.8. The van der Waals surface area contributed by atoms with Crippen molar-refractivity contribution in [1.82, 2.24) is 0 Å². The summed E-state index contributed by atoms with van der Waals surface area (Å²) in [5.74, 6) is 0. The Morgan fingerprint density at radius 1 is 0.973 bits per heavy atom. The van der Waals surface area contributed by atoms with E-state index in [0.29, 0.717) is 16.3 Å². The summed E-state index contributed by atoms with van der Waals surface area (Å²) in [7, 11) is -5.53. The van der Waals surface area contributed by atoms with Gasteiger partial charge in [0.2, 0.25) is 20.1 Å². The van der Waals surface area contributed by atoms with Crippen molar-refractivity contribution in [1.29, 1.82) is 0 Å². The van der Waals surface area contributed by atoms with Gasteiger partial charge in [0.1, 0.15) is 0 Å². The molecule has 2 aromatic carbocycles. The smallest absolute Gasteiger partial charge is 0.432 e. The number of halogens is 3. The Morgan fingerprint density at radius 2 is 1.51 bits per heavy atom. The maximum atomic E-state index is 15.8. The summed E-state index contributed by atoms with van der Waals surface area (Å²) in [6.07, 6.45) is -3.64. The van der Waals surface area contributed by atoms with Crippen molar-refractivity contribution in [2.75, 3.05) is 13.6 Å². The van der Waals surface area contributed by atoms with Crippen LogP contribution in [-0.4, -0.2) is 38.1 Å². The standard InChI is InChI=1S/C23H25BrF2NO9P/c1-14(2)35-21(28)31-12-33-37(30,34-13-32-22(29)36-15(3)4)23(25,26)19-9-18-8-16(11-27-5)6-7-17(18)10-20(19)24/h6-10,14-15H,11-13H2,1-4H3.